The van der Waals surface area contributed by atoms with Gasteiger partial charge in [-0.15, -0.1) is 0 Å². The van der Waals surface area contributed by atoms with Gasteiger partial charge < -0.3 is 9.84 Å². The second-order valence-electron chi connectivity index (χ2n) is 3.78. The zero-order valence-corrected chi connectivity index (χ0v) is 10.0. The fraction of sp³-hybridized carbons (Fsp3) is 0.900. The predicted octanol–water partition coefficient (Wildman–Crippen LogP) is 2.01. The van der Waals surface area contributed by atoms with E-state index in [1.54, 1.807) is 6.92 Å². The molecule has 0 heterocycles. The molecular weight excluding hydrogens is 248 g/mol. The third-order valence-corrected chi connectivity index (χ3v) is 3.91. The van der Waals surface area contributed by atoms with E-state index < -0.39 is 10.4 Å². The fourth-order valence-electron chi connectivity index (χ4n) is 1.85. The normalized spacial score (nSPS) is 22.8. The number of hydrogen-bond donors (Lipinski definition) is 1. The minimum Gasteiger partial charge on any atom is -0.465 e. The van der Waals surface area contributed by atoms with Gasteiger partial charge in [0.1, 0.15) is 4.83 Å². The van der Waals surface area contributed by atoms with Crippen LogP contribution in [0.15, 0.2) is 0 Å². The van der Waals surface area contributed by atoms with E-state index in [-0.39, 0.29) is 5.97 Å². The molecule has 4 heteroatoms. The van der Waals surface area contributed by atoms with Crippen molar-refractivity contribution in [3.05, 3.63) is 0 Å². The van der Waals surface area contributed by atoms with Crippen LogP contribution in [0.2, 0.25) is 0 Å². The van der Waals surface area contributed by atoms with Gasteiger partial charge in [-0.2, -0.15) is 0 Å². The lowest BCUT2D eigenvalue weighted by Gasteiger charge is -2.34. The summed E-state index contributed by atoms with van der Waals surface area (Å²) in [4.78, 5) is 10.8. The van der Waals surface area contributed by atoms with Crippen LogP contribution in [0.25, 0.3) is 0 Å². The fourth-order valence-corrected chi connectivity index (χ4v) is 2.44. The third kappa shape index (κ3) is 2.70. The van der Waals surface area contributed by atoms with Crippen LogP contribution < -0.4 is 0 Å². The number of carbonyl (C=O) groups is 1. The van der Waals surface area contributed by atoms with Gasteiger partial charge in [0.25, 0.3) is 0 Å². The van der Waals surface area contributed by atoms with Gasteiger partial charge in [0.2, 0.25) is 0 Å². The summed E-state index contributed by atoms with van der Waals surface area (Å²) in [5.74, 6) is -0.350. The number of carbonyl (C=O) groups excluding carboxylic acids is 1. The smallest absolute Gasteiger partial charge is 0.322 e. The molecule has 0 aliphatic heterocycles. The lowest BCUT2D eigenvalue weighted by atomic mass is 9.82. The first kappa shape index (κ1) is 12.0. The molecule has 0 radical (unpaired) electrons. The number of hydrogen-bond acceptors (Lipinski definition) is 3. The summed E-state index contributed by atoms with van der Waals surface area (Å²) in [6.45, 7) is 2.12. The molecule has 0 saturated heterocycles. The summed E-state index contributed by atoms with van der Waals surface area (Å²) >= 11 is 3.24. The Morgan fingerprint density at radius 2 is 2.07 bits per heavy atom. The van der Waals surface area contributed by atoms with Crippen LogP contribution >= 0.6 is 15.9 Å². The van der Waals surface area contributed by atoms with E-state index in [1.165, 1.54) is 0 Å². The van der Waals surface area contributed by atoms with Crippen molar-refractivity contribution < 1.29 is 14.6 Å². The summed E-state index contributed by atoms with van der Waals surface area (Å²) in [6, 6.07) is 0. The highest BCUT2D eigenvalue weighted by Crippen LogP contribution is 2.34. The number of aliphatic hydroxyl groups is 1. The summed E-state index contributed by atoms with van der Waals surface area (Å²) < 4.78 is 4.88. The molecule has 0 aromatic carbocycles. The van der Waals surface area contributed by atoms with Crippen LogP contribution in [0.4, 0.5) is 0 Å². The molecule has 1 atom stereocenters. The Kier molecular flexibility index (Phi) is 4.38. The topological polar surface area (TPSA) is 46.5 Å². The maximum absolute atomic E-state index is 11.4. The van der Waals surface area contributed by atoms with Gasteiger partial charge in [-0.3, -0.25) is 4.79 Å². The van der Waals surface area contributed by atoms with E-state index in [0.29, 0.717) is 19.4 Å². The average molecular weight is 265 g/mol. The zero-order chi connectivity index (χ0) is 10.6. The summed E-state index contributed by atoms with van der Waals surface area (Å²) in [5.41, 5.74) is -0.898. The molecule has 0 bridgehead atoms. The molecule has 1 rings (SSSR count). The van der Waals surface area contributed by atoms with E-state index in [4.69, 9.17) is 4.74 Å². The SMILES string of the molecule is CCOC(=O)[C@H](Br)C1(O)CCCCC1. The van der Waals surface area contributed by atoms with Gasteiger partial charge in [-0.25, -0.2) is 0 Å². The number of rotatable bonds is 3. The van der Waals surface area contributed by atoms with E-state index in [9.17, 15) is 9.90 Å². The van der Waals surface area contributed by atoms with E-state index in [1.807, 2.05) is 0 Å². The largest absolute Gasteiger partial charge is 0.465 e. The van der Waals surface area contributed by atoms with Crippen LogP contribution in [-0.2, 0) is 9.53 Å². The zero-order valence-electron chi connectivity index (χ0n) is 8.46. The van der Waals surface area contributed by atoms with Gasteiger partial charge in [0.05, 0.1) is 12.2 Å². The minimum atomic E-state index is -0.898. The van der Waals surface area contributed by atoms with Crippen molar-refractivity contribution in [3.63, 3.8) is 0 Å². The number of halogens is 1. The first-order chi connectivity index (χ1) is 6.60. The summed E-state index contributed by atoms with van der Waals surface area (Å²) in [7, 11) is 0. The Balaban J connectivity index is 2.56. The minimum absolute atomic E-state index is 0.350. The molecule has 0 spiro atoms. The molecule has 14 heavy (non-hydrogen) atoms. The third-order valence-electron chi connectivity index (χ3n) is 2.68. The lowest BCUT2D eigenvalue weighted by molar-refractivity contribution is -0.148. The van der Waals surface area contributed by atoms with Crippen molar-refractivity contribution >= 4 is 21.9 Å². The monoisotopic (exact) mass is 264 g/mol. The van der Waals surface area contributed by atoms with Crippen molar-refractivity contribution in [1.82, 2.24) is 0 Å². The molecule has 0 unspecified atom stereocenters. The first-order valence-corrected chi connectivity index (χ1v) is 6.05. The molecule has 1 aliphatic carbocycles. The molecular formula is C10H17BrO3. The first-order valence-electron chi connectivity index (χ1n) is 5.13. The highest BCUT2D eigenvalue weighted by atomic mass is 79.9. The van der Waals surface area contributed by atoms with E-state index in [2.05, 4.69) is 15.9 Å². The Morgan fingerprint density at radius 1 is 1.50 bits per heavy atom. The Hall–Kier alpha value is -0.0900. The maximum atomic E-state index is 11.4. The molecule has 1 N–H and O–H groups in total. The molecule has 0 amide bonds. The van der Waals surface area contributed by atoms with Gasteiger partial charge in [-0.05, 0) is 19.8 Å². The number of esters is 1. The molecule has 3 nitrogen and oxygen atoms in total. The van der Waals surface area contributed by atoms with Crippen LogP contribution in [0, 0.1) is 0 Å². The Morgan fingerprint density at radius 3 is 2.57 bits per heavy atom. The molecule has 1 saturated carbocycles. The standard InChI is InChI=1S/C10H17BrO3/c1-2-14-9(12)8(11)10(13)6-4-3-5-7-10/h8,13H,2-7H2,1H3/t8-/m0/s1. The summed E-state index contributed by atoms with van der Waals surface area (Å²) in [5, 5.41) is 10.2. The van der Waals surface area contributed by atoms with Crippen LogP contribution in [0.1, 0.15) is 39.0 Å². The van der Waals surface area contributed by atoms with Gasteiger partial charge >= 0.3 is 5.97 Å². The Labute approximate surface area is 93.0 Å². The van der Waals surface area contributed by atoms with Crippen molar-refractivity contribution in [2.45, 2.75) is 49.5 Å². The van der Waals surface area contributed by atoms with Gasteiger partial charge in [0, 0.05) is 0 Å². The molecule has 0 aromatic rings. The Bertz CT molecular complexity index is 200. The predicted molar refractivity (Wildman–Crippen MR) is 57.4 cm³/mol. The second kappa shape index (κ2) is 5.12. The quantitative estimate of drug-likeness (QED) is 0.627. The summed E-state index contributed by atoms with van der Waals surface area (Å²) in [6.07, 6.45) is 4.48. The van der Waals surface area contributed by atoms with Crippen molar-refractivity contribution in [3.8, 4) is 0 Å². The van der Waals surface area contributed by atoms with E-state index in [0.717, 1.165) is 19.3 Å². The number of alkyl halides is 1. The highest BCUT2D eigenvalue weighted by Gasteiger charge is 2.41. The number of ether oxygens (including phenoxy) is 1. The van der Waals surface area contributed by atoms with Crippen LogP contribution in [0.3, 0.4) is 0 Å². The maximum Gasteiger partial charge on any atom is 0.322 e. The molecule has 0 aromatic heterocycles. The lowest BCUT2D eigenvalue weighted by Crippen LogP contribution is -2.45. The van der Waals surface area contributed by atoms with Crippen molar-refractivity contribution in [2.75, 3.05) is 6.61 Å². The van der Waals surface area contributed by atoms with E-state index >= 15 is 0 Å². The van der Waals surface area contributed by atoms with Gasteiger partial charge in [-0.1, -0.05) is 35.2 Å². The van der Waals surface area contributed by atoms with Crippen molar-refractivity contribution in [2.24, 2.45) is 0 Å². The molecule has 82 valence electrons. The van der Waals surface area contributed by atoms with Gasteiger partial charge in [0.15, 0.2) is 0 Å². The van der Waals surface area contributed by atoms with Crippen molar-refractivity contribution in [1.29, 1.82) is 0 Å². The highest BCUT2D eigenvalue weighted by molar-refractivity contribution is 9.10. The second-order valence-corrected chi connectivity index (χ2v) is 4.69. The van der Waals surface area contributed by atoms with Crippen LogP contribution in [-0.4, -0.2) is 28.1 Å². The van der Waals surface area contributed by atoms with Crippen LogP contribution in [0.5, 0.6) is 0 Å². The average Bonchev–Trinajstić information content (AvgIpc) is 2.18. The molecule has 1 fully saturated rings. The molecule has 1 aliphatic rings.